The third kappa shape index (κ3) is 4.31. The molecule has 0 aliphatic carbocycles. The third-order valence-corrected chi connectivity index (χ3v) is 3.33. The van der Waals surface area contributed by atoms with Gasteiger partial charge in [0.05, 0.1) is 0 Å². The number of esters is 1. The van der Waals surface area contributed by atoms with Gasteiger partial charge in [0, 0.05) is 0 Å². The minimum atomic E-state index is -0.692. The van der Waals surface area contributed by atoms with Crippen molar-refractivity contribution in [2.45, 2.75) is 0 Å². The number of benzene rings is 3. The molecule has 0 bridgehead atoms. The summed E-state index contributed by atoms with van der Waals surface area (Å²) < 4.78 is 4.46. The Bertz CT molecular complexity index is 830. The molecule has 3 nitrogen and oxygen atoms in total. The monoisotopic (exact) mass is 315 g/mol. The summed E-state index contributed by atoms with van der Waals surface area (Å²) in [6, 6.07) is 23.0. The zero-order chi connectivity index (χ0) is 17.4. The first kappa shape index (κ1) is 17.0. The second kappa shape index (κ2) is 8.30. The van der Waals surface area contributed by atoms with Gasteiger partial charge in [-0.2, -0.15) is 5.26 Å². The maximum Gasteiger partial charge on any atom is 0.348 e. The molecule has 0 N–H and O–H groups in total. The summed E-state index contributed by atoms with van der Waals surface area (Å²) >= 11 is 0. The fourth-order valence-corrected chi connectivity index (χ4v) is 2.15. The van der Waals surface area contributed by atoms with Crippen molar-refractivity contribution in [1.29, 1.82) is 5.26 Å². The van der Waals surface area contributed by atoms with Crippen molar-refractivity contribution in [3.63, 3.8) is 0 Å². The van der Waals surface area contributed by atoms with Crippen LogP contribution >= 0.6 is 0 Å². The van der Waals surface area contributed by atoms with Crippen LogP contribution in [-0.2, 0) is 9.53 Å². The van der Waals surface area contributed by atoms with Crippen LogP contribution in [0.4, 0.5) is 0 Å². The number of ether oxygens (including phenoxy) is 1. The number of nitriles is 1. The Labute approximate surface area is 141 Å². The highest BCUT2D eigenvalue weighted by Crippen LogP contribution is 2.21. The second-order valence-corrected chi connectivity index (χ2v) is 5.02. The summed E-state index contributed by atoms with van der Waals surface area (Å²) in [5.74, 6) is -0.692. The lowest BCUT2D eigenvalue weighted by atomic mass is 10.0. The van der Waals surface area contributed by atoms with Crippen molar-refractivity contribution in [3.05, 3.63) is 85.5 Å². The predicted octanol–water partition coefficient (Wildman–Crippen LogP) is 4.79. The minimum Gasteiger partial charge on any atom is -0.457 e. The molecule has 3 aromatic carbocycles. The zero-order valence-electron chi connectivity index (χ0n) is 13.2. The van der Waals surface area contributed by atoms with E-state index in [2.05, 4.69) is 78.6 Å². The van der Waals surface area contributed by atoms with E-state index in [-0.39, 0.29) is 12.2 Å². The minimum absolute atomic E-state index is 0.111. The number of hydrogen-bond acceptors (Lipinski definition) is 3. The summed E-state index contributed by atoms with van der Waals surface area (Å²) in [6.07, 6.45) is 1.42. The average molecular weight is 315 g/mol. The van der Waals surface area contributed by atoms with E-state index in [9.17, 15) is 4.79 Å². The lowest BCUT2D eigenvalue weighted by Gasteiger charge is -2.00. The van der Waals surface area contributed by atoms with Crippen molar-refractivity contribution in [2.24, 2.45) is 0 Å². The van der Waals surface area contributed by atoms with E-state index in [0.29, 0.717) is 0 Å². The lowest BCUT2D eigenvalue weighted by molar-refractivity contribution is -0.137. The Morgan fingerprint density at radius 2 is 1.42 bits per heavy atom. The molecule has 0 saturated carbocycles. The third-order valence-electron chi connectivity index (χ3n) is 3.33. The van der Waals surface area contributed by atoms with Crippen LogP contribution in [0.3, 0.4) is 0 Å². The van der Waals surface area contributed by atoms with Crippen LogP contribution in [-0.4, -0.2) is 12.6 Å². The zero-order valence-corrected chi connectivity index (χ0v) is 13.2. The number of rotatable bonds is 3. The topological polar surface area (TPSA) is 50.1 Å². The number of fused-ring (bicyclic) bond motifs is 2. The molecule has 0 atom stereocenters. The lowest BCUT2D eigenvalue weighted by Crippen LogP contribution is -2.05. The van der Waals surface area contributed by atoms with Gasteiger partial charge in [0.25, 0.3) is 0 Å². The largest absolute Gasteiger partial charge is 0.457 e. The molecule has 3 rings (SSSR count). The van der Waals surface area contributed by atoms with Crippen molar-refractivity contribution in [2.75, 3.05) is 6.61 Å². The number of hydrogen-bond donors (Lipinski definition) is 0. The number of nitrogens with zero attached hydrogens (tertiary/aromatic N) is 1. The van der Waals surface area contributed by atoms with E-state index in [4.69, 9.17) is 5.26 Å². The molecular formula is C21H17NO2. The molecule has 0 aliphatic rings. The highest BCUT2D eigenvalue weighted by atomic mass is 16.5. The maximum absolute atomic E-state index is 10.5. The highest BCUT2D eigenvalue weighted by Gasteiger charge is 2.04. The molecule has 0 saturated heterocycles. The quantitative estimate of drug-likeness (QED) is 0.229. The fraction of sp³-hybridized carbons (Fsp3) is 0.0476. The van der Waals surface area contributed by atoms with Crippen LogP contribution < -0.4 is 0 Å². The van der Waals surface area contributed by atoms with Gasteiger partial charge in [-0.25, -0.2) is 4.79 Å². The summed E-state index contributed by atoms with van der Waals surface area (Å²) in [5.41, 5.74) is -0.193. The predicted molar refractivity (Wildman–Crippen MR) is 97.4 cm³/mol. The van der Waals surface area contributed by atoms with E-state index in [1.54, 1.807) is 6.07 Å². The van der Waals surface area contributed by atoms with E-state index < -0.39 is 5.97 Å². The molecule has 0 aromatic heterocycles. The SMILES string of the molecule is C=CCOC(=O)C(=C)C#N.c1ccc2cc3ccccc3cc2c1. The van der Waals surface area contributed by atoms with Crippen LogP contribution in [0.5, 0.6) is 0 Å². The molecule has 0 amide bonds. The standard InChI is InChI=1S/C14H10.C7H7NO2/c1-2-6-12-10-14-8-4-3-7-13(14)9-11(12)5-1;1-3-4-10-7(9)6(2)5-8/h1-10H;3H,1-2,4H2. The Hall–Kier alpha value is -3.38. The van der Waals surface area contributed by atoms with Gasteiger partial charge in [-0.15, -0.1) is 0 Å². The summed E-state index contributed by atoms with van der Waals surface area (Å²) in [7, 11) is 0. The van der Waals surface area contributed by atoms with E-state index >= 15 is 0 Å². The van der Waals surface area contributed by atoms with Crippen LogP contribution in [0.25, 0.3) is 21.5 Å². The molecule has 24 heavy (non-hydrogen) atoms. The number of carbonyl (C=O) groups excluding carboxylic acids is 1. The average Bonchev–Trinajstić information content (AvgIpc) is 2.64. The molecule has 0 aliphatic heterocycles. The van der Waals surface area contributed by atoms with Gasteiger partial charge in [0.2, 0.25) is 0 Å². The van der Waals surface area contributed by atoms with Crippen molar-refractivity contribution in [1.82, 2.24) is 0 Å². The van der Waals surface area contributed by atoms with Gasteiger partial charge < -0.3 is 4.74 Å². The van der Waals surface area contributed by atoms with Crippen LogP contribution in [0, 0.1) is 11.3 Å². The molecule has 0 spiro atoms. The molecule has 0 unspecified atom stereocenters. The molecule has 3 heteroatoms. The first-order valence-corrected chi connectivity index (χ1v) is 7.40. The Balaban J connectivity index is 0.000000187. The van der Waals surface area contributed by atoms with Crippen molar-refractivity contribution >= 4 is 27.5 Å². The smallest absolute Gasteiger partial charge is 0.348 e. The van der Waals surface area contributed by atoms with Crippen LogP contribution in [0.2, 0.25) is 0 Å². The number of carbonyl (C=O) groups is 1. The van der Waals surface area contributed by atoms with E-state index in [1.807, 2.05) is 0 Å². The maximum atomic E-state index is 10.5. The molecule has 118 valence electrons. The summed E-state index contributed by atoms with van der Waals surface area (Å²) in [4.78, 5) is 10.5. The van der Waals surface area contributed by atoms with Crippen LogP contribution in [0.15, 0.2) is 85.5 Å². The summed E-state index contributed by atoms with van der Waals surface area (Å²) in [6.45, 7) is 6.59. The Kier molecular flexibility index (Phi) is 5.88. The van der Waals surface area contributed by atoms with Crippen LogP contribution in [0.1, 0.15) is 0 Å². The highest BCUT2D eigenvalue weighted by molar-refractivity contribution is 5.98. The first-order chi connectivity index (χ1) is 11.7. The molecule has 0 fully saturated rings. The molecule has 3 aromatic rings. The Morgan fingerprint density at radius 1 is 1.00 bits per heavy atom. The van der Waals surface area contributed by atoms with Gasteiger partial charge in [-0.1, -0.05) is 67.8 Å². The van der Waals surface area contributed by atoms with Gasteiger partial charge >= 0.3 is 5.97 Å². The fourth-order valence-electron chi connectivity index (χ4n) is 2.15. The van der Waals surface area contributed by atoms with Gasteiger partial charge in [-0.3, -0.25) is 0 Å². The van der Waals surface area contributed by atoms with Gasteiger partial charge in [0.15, 0.2) is 0 Å². The molecule has 0 heterocycles. The Morgan fingerprint density at radius 3 is 1.75 bits per heavy atom. The first-order valence-electron chi connectivity index (χ1n) is 7.40. The van der Waals surface area contributed by atoms with Crippen molar-refractivity contribution < 1.29 is 9.53 Å². The second-order valence-electron chi connectivity index (χ2n) is 5.02. The molecular weight excluding hydrogens is 298 g/mol. The normalized spacial score (nSPS) is 9.46. The summed E-state index contributed by atoms with van der Waals surface area (Å²) in [5, 5.41) is 13.4. The van der Waals surface area contributed by atoms with Gasteiger partial charge in [0.1, 0.15) is 18.2 Å². The van der Waals surface area contributed by atoms with E-state index in [0.717, 1.165) is 0 Å². The molecule has 0 radical (unpaired) electrons. The van der Waals surface area contributed by atoms with Crippen molar-refractivity contribution in [3.8, 4) is 6.07 Å². The van der Waals surface area contributed by atoms with Gasteiger partial charge in [-0.05, 0) is 33.7 Å². The van der Waals surface area contributed by atoms with E-state index in [1.165, 1.54) is 27.6 Å².